The molecule has 0 atom stereocenters. The molecule has 1 aliphatic carbocycles. The molecule has 1 aromatic heterocycles. The molecule has 1 fully saturated rings. The molecule has 20 heavy (non-hydrogen) atoms. The van der Waals surface area contributed by atoms with Crippen LogP contribution in [-0.2, 0) is 6.54 Å². The van der Waals surface area contributed by atoms with Gasteiger partial charge in [0, 0.05) is 18.8 Å². The molecule has 1 aliphatic rings. The maximum atomic E-state index is 5.66. The number of benzene rings is 1. The zero-order chi connectivity index (χ0) is 13.6. The van der Waals surface area contributed by atoms with Gasteiger partial charge in [-0.1, -0.05) is 18.2 Å². The lowest BCUT2D eigenvalue weighted by Crippen LogP contribution is -2.18. The molecule has 0 aliphatic heterocycles. The molecule has 3 rings (SSSR count). The topological polar surface area (TPSA) is 39.1 Å². The van der Waals surface area contributed by atoms with Crippen molar-refractivity contribution in [3.05, 3.63) is 48.5 Å². The molecule has 0 unspecified atom stereocenters. The molecule has 4 nitrogen and oxygen atoms in total. The van der Waals surface area contributed by atoms with Crippen LogP contribution in [0.2, 0.25) is 0 Å². The van der Waals surface area contributed by atoms with Gasteiger partial charge in [0.15, 0.2) is 0 Å². The van der Waals surface area contributed by atoms with Gasteiger partial charge in [0.1, 0.15) is 5.75 Å². The molecule has 1 aromatic carbocycles. The quantitative estimate of drug-likeness (QED) is 0.750. The van der Waals surface area contributed by atoms with Gasteiger partial charge in [-0.3, -0.25) is 0 Å². The van der Waals surface area contributed by atoms with Crippen LogP contribution in [0.5, 0.6) is 5.75 Å². The highest BCUT2D eigenvalue weighted by Crippen LogP contribution is 2.35. The molecular weight excluding hydrogens is 250 g/mol. The summed E-state index contributed by atoms with van der Waals surface area (Å²) in [5.41, 5.74) is 1.29. The minimum Gasteiger partial charge on any atom is -0.494 e. The van der Waals surface area contributed by atoms with Crippen molar-refractivity contribution in [3.8, 4) is 5.75 Å². The molecule has 0 radical (unpaired) electrons. The van der Waals surface area contributed by atoms with Gasteiger partial charge >= 0.3 is 0 Å². The first-order valence-electron chi connectivity index (χ1n) is 7.33. The van der Waals surface area contributed by atoms with E-state index < -0.39 is 0 Å². The van der Waals surface area contributed by atoms with E-state index in [1.54, 1.807) is 0 Å². The number of ether oxygens (including phenoxy) is 1. The number of rotatable bonds is 8. The van der Waals surface area contributed by atoms with Gasteiger partial charge in [-0.2, -0.15) is 0 Å². The minimum atomic E-state index is 0.704. The molecule has 106 valence electrons. The Hall–Kier alpha value is -1.81. The van der Waals surface area contributed by atoms with E-state index in [0.717, 1.165) is 31.9 Å². The van der Waals surface area contributed by atoms with E-state index >= 15 is 0 Å². The van der Waals surface area contributed by atoms with Gasteiger partial charge in [-0.15, -0.1) is 0 Å². The van der Waals surface area contributed by atoms with E-state index in [-0.39, 0.29) is 0 Å². The van der Waals surface area contributed by atoms with Crippen LogP contribution in [0.25, 0.3) is 0 Å². The lowest BCUT2D eigenvalue weighted by Gasteiger charge is -2.09. The summed E-state index contributed by atoms with van der Waals surface area (Å²) in [7, 11) is 0. The molecule has 1 N–H and O–H groups in total. The first-order chi connectivity index (χ1) is 9.93. The van der Waals surface area contributed by atoms with Crippen molar-refractivity contribution < 1.29 is 4.74 Å². The number of hydrogen-bond donors (Lipinski definition) is 1. The summed E-state index contributed by atoms with van der Waals surface area (Å²) in [5.74, 6) is 0.944. The van der Waals surface area contributed by atoms with Gasteiger partial charge in [0.05, 0.1) is 18.6 Å². The smallest absolute Gasteiger partial charge is 0.119 e. The Balaban J connectivity index is 1.31. The number of nitrogens with one attached hydrogen (secondary N) is 1. The maximum Gasteiger partial charge on any atom is 0.119 e. The molecule has 4 heteroatoms. The van der Waals surface area contributed by atoms with E-state index in [0.29, 0.717) is 6.04 Å². The van der Waals surface area contributed by atoms with Crippen molar-refractivity contribution in [1.82, 2.24) is 14.9 Å². The van der Waals surface area contributed by atoms with Crippen LogP contribution in [0.15, 0.2) is 42.9 Å². The van der Waals surface area contributed by atoms with Crippen LogP contribution < -0.4 is 10.1 Å². The summed E-state index contributed by atoms with van der Waals surface area (Å²) in [5, 5.41) is 3.46. The molecule has 0 saturated heterocycles. The van der Waals surface area contributed by atoms with Gasteiger partial charge < -0.3 is 14.6 Å². The number of aromatic nitrogens is 2. The van der Waals surface area contributed by atoms with Crippen LogP contribution >= 0.6 is 0 Å². The predicted octanol–water partition coefficient (Wildman–Crippen LogP) is 2.78. The highest BCUT2D eigenvalue weighted by Gasteiger charge is 2.24. The highest BCUT2D eigenvalue weighted by atomic mass is 16.5. The average Bonchev–Trinajstić information content (AvgIpc) is 3.23. The number of nitrogens with zero attached hydrogens (tertiary/aromatic N) is 2. The third-order valence-corrected chi connectivity index (χ3v) is 3.50. The Morgan fingerprint density at radius 2 is 2.10 bits per heavy atom. The number of para-hydroxylation sites is 1. The van der Waals surface area contributed by atoms with Crippen LogP contribution in [-0.4, -0.2) is 22.7 Å². The van der Waals surface area contributed by atoms with Crippen LogP contribution in [0.3, 0.4) is 0 Å². The van der Waals surface area contributed by atoms with E-state index in [2.05, 4.69) is 14.9 Å². The summed E-state index contributed by atoms with van der Waals surface area (Å²) in [6.45, 7) is 2.60. The zero-order valence-electron chi connectivity index (χ0n) is 11.7. The molecule has 1 saturated carbocycles. The largest absolute Gasteiger partial charge is 0.494 e. The first kappa shape index (κ1) is 13.2. The normalized spacial score (nSPS) is 14.4. The molecule has 0 spiro atoms. The summed E-state index contributed by atoms with van der Waals surface area (Å²) in [6, 6.07) is 10.7. The Kier molecular flexibility index (Phi) is 4.33. The molecular formula is C16H21N3O. The number of hydrogen-bond acceptors (Lipinski definition) is 3. The van der Waals surface area contributed by atoms with Gasteiger partial charge in [0.25, 0.3) is 0 Å². The van der Waals surface area contributed by atoms with Crippen molar-refractivity contribution in [2.45, 2.75) is 31.8 Å². The molecule has 1 heterocycles. The predicted molar refractivity (Wildman–Crippen MR) is 78.8 cm³/mol. The second kappa shape index (κ2) is 6.57. The summed E-state index contributed by atoms with van der Waals surface area (Å²) in [6.07, 6.45) is 7.52. The maximum absolute atomic E-state index is 5.66. The standard InChI is InChI=1S/C16H21N3O/c1-2-5-16(6-3-1)20-10-4-9-17-11-15-12-18-13-19(15)14-7-8-14/h1-3,5-6,12-14,17H,4,7-11H2. The zero-order valence-corrected chi connectivity index (χ0v) is 11.7. The van der Waals surface area contributed by atoms with Crippen molar-refractivity contribution in [2.75, 3.05) is 13.2 Å². The third kappa shape index (κ3) is 3.61. The van der Waals surface area contributed by atoms with E-state index in [1.807, 2.05) is 42.9 Å². The van der Waals surface area contributed by atoms with Crippen LogP contribution in [0, 0.1) is 0 Å². The Morgan fingerprint density at radius 3 is 2.90 bits per heavy atom. The SMILES string of the molecule is c1ccc(OCCCNCc2cncn2C2CC2)cc1. The Bertz CT molecular complexity index is 520. The fourth-order valence-electron chi connectivity index (χ4n) is 2.27. The lowest BCUT2D eigenvalue weighted by atomic mass is 10.3. The van der Waals surface area contributed by atoms with Gasteiger partial charge in [-0.25, -0.2) is 4.98 Å². The van der Waals surface area contributed by atoms with E-state index in [4.69, 9.17) is 4.74 Å². The second-order valence-corrected chi connectivity index (χ2v) is 5.22. The van der Waals surface area contributed by atoms with Crippen molar-refractivity contribution in [2.24, 2.45) is 0 Å². The Labute approximate surface area is 119 Å². The van der Waals surface area contributed by atoms with Crippen LogP contribution in [0.1, 0.15) is 31.0 Å². The molecule has 2 aromatic rings. The number of imidazole rings is 1. The van der Waals surface area contributed by atoms with Gasteiger partial charge in [0.2, 0.25) is 0 Å². The monoisotopic (exact) mass is 271 g/mol. The summed E-state index contributed by atoms with van der Waals surface area (Å²) >= 11 is 0. The van der Waals surface area contributed by atoms with Crippen molar-refractivity contribution in [3.63, 3.8) is 0 Å². The summed E-state index contributed by atoms with van der Waals surface area (Å²) < 4.78 is 7.96. The summed E-state index contributed by atoms with van der Waals surface area (Å²) in [4.78, 5) is 4.24. The van der Waals surface area contributed by atoms with Gasteiger partial charge in [-0.05, 0) is 37.9 Å². The van der Waals surface area contributed by atoms with E-state index in [9.17, 15) is 0 Å². The van der Waals surface area contributed by atoms with Crippen molar-refractivity contribution in [1.29, 1.82) is 0 Å². The average molecular weight is 271 g/mol. The fourth-order valence-corrected chi connectivity index (χ4v) is 2.27. The molecule has 0 amide bonds. The molecule has 0 bridgehead atoms. The highest BCUT2D eigenvalue weighted by molar-refractivity contribution is 5.20. The fraction of sp³-hybridized carbons (Fsp3) is 0.438. The van der Waals surface area contributed by atoms with Crippen LogP contribution in [0.4, 0.5) is 0 Å². The third-order valence-electron chi connectivity index (χ3n) is 3.50. The van der Waals surface area contributed by atoms with Crippen molar-refractivity contribution >= 4 is 0 Å². The second-order valence-electron chi connectivity index (χ2n) is 5.22. The first-order valence-corrected chi connectivity index (χ1v) is 7.33. The Morgan fingerprint density at radius 1 is 1.25 bits per heavy atom. The minimum absolute atomic E-state index is 0.704. The van der Waals surface area contributed by atoms with E-state index in [1.165, 1.54) is 18.5 Å². The lowest BCUT2D eigenvalue weighted by molar-refractivity contribution is 0.308.